The van der Waals surface area contributed by atoms with Gasteiger partial charge in [0.25, 0.3) is 5.91 Å². The number of carbonyl (C=O) groups is 1. The van der Waals surface area contributed by atoms with Crippen LogP contribution in [0.25, 0.3) is 22.5 Å². The molecule has 1 saturated heterocycles. The molecule has 0 spiro atoms. The molecule has 0 radical (unpaired) electrons. The average molecular weight is 520 g/mol. The molecule has 1 N–H and O–H groups in total. The Balaban J connectivity index is 1.22. The summed E-state index contributed by atoms with van der Waals surface area (Å²) in [6.45, 7) is 5.10. The van der Waals surface area contributed by atoms with Gasteiger partial charge in [-0.25, -0.2) is 4.39 Å². The number of aryl methyl sites for hydroxylation is 2. The lowest BCUT2D eigenvalue weighted by molar-refractivity contribution is 0.0940. The summed E-state index contributed by atoms with van der Waals surface area (Å²) in [5.74, 6) is -0.212. The fourth-order valence-corrected chi connectivity index (χ4v) is 5.19. The molecule has 0 saturated carbocycles. The molecule has 0 bridgehead atoms. The van der Waals surface area contributed by atoms with E-state index >= 15 is 0 Å². The zero-order chi connectivity index (χ0) is 25.7. The zero-order valence-corrected chi connectivity index (χ0v) is 20.9. The first-order chi connectivity index (χ1) is 17.9. The molecular formula is C26H23ClFN7O2. The fraction of sp³-hybridized carbons (Fsp3) is 0.231. The van der Waals surface area contributed by atoms with E-state index < -0.39 is 5.82 Å². The summed E-state index contributed by atoms with van der Waals surface area (Å²) >= 11 is 6.42. The predicted octanol–water partition coefficient (Wildman–Crippen LogP) is 4.62. The Bertz CT molecular complexity index is 1610. The van der Waals surface area contributed by atoms with Gasteiger partial charge in [-0.15, -0.1) is 10.2 Å². The van der Waals surface area contributed by atoms with Crippen molar-refractivity contribution in [3.8, 4) is 11.5 Å². The SMILES string of the molecule is Cc1ccc(C)n1-c1noc2c(N3CCC(NC(=O)c4ccc(-n5cnnc5)cc4Cl)C3)ccc(F)c12. The summed E-state index contributed by atoms with van der Waals surface area (Å²) in [5, 5.41) is 15.5. The van der Waals surface area contributed by atoms with Gasteiger partial charge in [0, 0.05) is 36.2 Å². The highest BCUT2D eigenvalue weighted by molar-refractivity contribution is 6.34. The second kappa shape index (κ2) is 9.04. The van der Waals surface area contributed by atoms with Crippen LogP contribution in [0.5, 0.6) is 0 Å². The Kier molecular flexibility index (Phi) is 5.68. The van der Waals surface area contributed by atoms with Crippen LogP contribution >= 0.6 is 11.6 Å². The predicted molar refractivity (Wildman–Crippen MR) is 137 cm³/mol. The molecule has 1 atom stereocenters. The molecule has 1 unspecified atom stereocenters. The van der Waals surface area contributed by atoms with Gasteiger partial charge < -0.3 is 14.7 Å². The topological polar surface area (TPSA) is 94.0 Å². The molecule has 9 nitrogen and oxygen atoms in total. The first-order valence-corrected chi connectivity index (χ1v) is 12.2. The quantitative estimate of drug-likeness (QED) is 0.364. The zero-order valence-electron chi connectivity index (χ0n) is 20.2. The van der Waals surface area contributed by atoms with E-state index in [0.29, 0.717) is 40.5 Å². The van der Waals surface area contributed by atoms with Gasteiger partial charge in [-0.1, -0.05) is 16.8 Å². The monoisotopic (exact) mass is 519 g/mol. The van der Waals surface area contributed by atoms with Crippen molar-refractivity contribution in [2.45, 2.75) is 26.3 Å². The summed E-state index contributed by atoms with van der Waals surface area (Å²) in [5.41, 5.74) is 4.16. The van der Waals surface area contributed by atoms with Crippen molar-refractivity contribution in [2.75, 3.05) is 18.0 Å². The molecule has 1 amide bonds. The Morgan fingerprint density at radius 1 is 1.11 bits per heavy atom. The van der Waals surface area contributed by atoms with Crippen molar-refractivity contribution in [2.24, 2.45) is 0 Å². The lowest BCUT2D eigenvalue weighted by atomic mass is 10.1. The molecular weight excluding hydrogens is 497 g/mol. The van der Waals surface area contributed by atoms with Crippen molar-refractivity contribution in [1.29, 1.82) is 0 Å². The number of benzene rings is 2. The van der Waals surface area contributed by atoms with E-state index in [2.05, 4.69) is 25.6 Å². The van der Waals surface area contributed by atoms with Crippen LogP contribution < -0.4 is 10.2 Å². The highest BCUT2D eigenvalue weighted by Gasteiger charge is 2.29. The molecule has 0 aliphatic carbocycles. The van der Waals surface area contributed by atoms with Crippen molar-refractivity contribution in [3.05, 3.63) is 82.9 Å². The van der Waals surface area contributed by atoms with Crippen LogP contribution in [0.2, 0.25) is 5.02 Å². The average Bonchev–Trinajstić information content (AvgIpc) is 3.68. The minimum absolute atomic E-state index is 0.113. The van der Waals surface area contributed by atoms with E-state index in [1.54, 1.807) is 41.5 Å². The molecule has 1 fully saturated rings. The third-order valence-electron chi connectivity index (χ3n) is 6.79. The minimum Gasteiger partial charge on any atom is -0.366 e. The number of amides is 1. The number of hydrogen-bond donors (Lipinski definition) is 1. The summed E-state index contributed by atoms with van der Waals surface area (Å²) in [6.07, 6.45) is 3.84. The molecule has 37 heavy (non-hydrogen) atoms. The number of nitrogens with one attached hydrogen (secondary N) is 1. The van der Waals surface area contributed by atoms with Gasteiger partial charge in [0.1, 0.15) is 23.9 Å². The maximum atomic E-state index is 15.0. The second-order valence-electron chi connectivity index (χ2n) is 9.17. The van der Waals surface area contributed by atoms with E-state index in [0.717, 1.165) is 29.2 Å². The standard InChI is InChI=1S/C26H23ClFN7O2/c1-15-3-4-16(2)35(15)25-23-21(28)7-8-22(24(23)37-32-25)33-10-9-17(12-33)31-26(36)19-6-5-18(11-20(19)27)34-13-29-30-14-34/h3-8,11,13-14,17H,9-10,12H2,1-2H3,(H,31,36). The van der Waals surface area contributed by atoms with Gasteiger partial charge in [-0.3, -0.25) is 13.9 Å². The number of rotatable bonds is 5. The maximum absolute atomic E-state index is 15.0. The third kappa shape index (κ3) is 4.03. The first-order valence-electron chi connectivity index (χ1n) is 11.8. The Morgan fingerprint density at radius 3 is 2.59 bits per heavy atom. The number of carbonyl (C=O) groups excluding carboxylic acids is 1. The van der Waals surface area contributed by atoms with Gasteiger partial charge >= 0.3 is 0 Å². The number of hydrogen-bond acceptors (Lipinski definition) is 6. The smallest absolute Gasteiger partial charge is 0.253 e. The van der Waals surface area contributed by atoms with E-state index in [4.69, 9.17) is 16.1 Å². The minimum atomic E-state index is -0.392. The Hall–Kier alpha value is -4.18. The molecule has 4 heterocycles. The molecule has 1 aliphatic rings. The van der Waals surface area contributed by atoms with Crippen LogP contribution in [0, 0.1) is 19.7 Å². The van der Waals surface area contributed by atoms with Crippen LogP contribution in [-0.4, -0.2) is 49.5 Å². The number of anilines is 1. The molecule has 3 aromatic heterocycles. The van der Waals surface area contributed by atoms with Crippen LogP contribution in [0.3, 0.4) is 0 Å². The largest absolute Gasteiger partial charge is 0.366 e. The molecule has 11 heteroatoms. The van der Waals surface area contributed by atoms with Crippen molar-refractivity contribution in [1.82, 2.24) is 29.8 Å². The van der Waals surface area contributed by atoms with Gasteiger partial charge in [-0.05, 0) is 62.7 Å². The molecule has 1 aliphatic heterocycles. The van der Waals surface area contributed by atoms with E-state index in [1.807, 2.05) is 30.5 Å². The van der Waals surface area contributed by atoms with E-state index in [-0.39, 0.29) is 11.9 Å². The second-order valence-corrected chi connectivity index (χ2v) is 9.57. The molecule has 5 aromatic rings. The van der Waals surface area contributed by atoms with Crippen LogP contribution in [0.15, 0.2) is 59.6 Å². The number of fused-ring (bicyclic) bond motifs is 1. The first kappa shape index (κ1) is 23.2. The van der Waals surface area contributed by atoms with Gasteiger partial charge in [-0.2, -0.15) is 0 Å². The maximum Gasteiger partial charge on any atom is 0.253 e. The molecule has 6 rings (SSSR count). The number of halogens is 2. The van der Waals surface area contributed by atoms with Crippen molar-refractivity contribution < 1.29 is 13.7 Å². The third-order valence-corrected chi connectivity index (χ3v) is 7.11. The van der Waals surface area contributed by atoms with Crippen LogP contribution in [0.1, 0.15) is 28.2 Å². The van der Waals surface area contributed by atoms with Crippen LogP contribution in [-0.2, 0) is 0 Å². The highest BCUT2D eigenvalue weighted by atomic mass is 35.5. The number of nitrogens with zero attached hydrogens (tertiary/aromatic N) is 6. The summed E-state index contributed by atoms with van der Waals surface area (Å²) in [7, 11) is 0. The van der Waals surface area contributed by atoms with Crippen LogP contribution in [0.4, 0.5) is 10.1 Å². The van der Waals surface area contributed by atoms with Crippen molar-refractivity contribution >= 4 is 34.2 Å². The summed E-state index contributed by atoms with van der Waals surface area (Å²) < 4.78 is 24.3. The Morgan fingerprint density at radius 2 is 1.86 bits per heavy atom. The molecule has 2 aromatic carbocycles. The summed E-state index contributed by atoms with van der Waals surface area (Å²) in [4.78, 5) is 15.1. The van der Waals surface area contributed by atoms with Gasteiger partial charge in [0.2, 0.25) is 0 Å². The lowest BCUT2D eigenvalue weighted by Gasteiger charge is -2.19. The van der Waals surface area contributed by atoms with Gasteiger partial charge in [0.15, 0.2) is 11.4 Å². The lowest BCUT2D eigenvalue weighted by Crippen LogP contribution is -2.37. The molecule has 188 valence electrons. The highest BCUT2D eigenvalue weighted by Crippen LogP contribution is 2.35. The fourth-order valence-electron chi connectivity index (χ4n) is 4.93. The Labute approximate surface area is 216 Å². The van der Waals surface area contributed by atoms with Gasteiger partial charge in [0.05, 0.1) is 16.3 Å². The normalized spacial score (nSPS) is 15.6. The van der Waals surface area contributed by atoms with E-state index in [9.17, 15) is 9.18 Å². The summed E-state index contributed by atoms with van der Waals surface area (Å²) in [6, 6.07) is 12.1. The number of aromatic nitrogens is 5. The van der Waals surface area contributed by atoms with Crippen molar-refractivity contribution in [3.63, 3.8) is 0 Å². The van der Waals surface area contributed by atoms with E-state index in [1.165, 1.54) is 6.07 Å².